The van der Waals surface area contributed by atoms with Crippen molar-refractivity contribution in [2.24, 2.45) is 0 Å². The van der Waals surface area contributed by atoms with Gasteiger partial charge in [-0.25, -0.2) is 0 Å². The molecule has 0 aliphatic heterocycles. The zero-order chi connectivity index (χ0) is 16.7. The lowest BCUT2D eigenvalue weighted by atomic mass is 9.94. The Labute approximate surface area is 143 Å². The molecule has 0 bridgehead atoms. The predicted octanol–water partition coefficient (Wildman–Crippen LogP) is 3.46. The number of hydrogen-bond acceptors (Lipinski definition) is 3. The van der Waals surface area contributed by atoms with Crippen LogP contribution in [0, 0.1) is 6.92 Å². The lowest BCUT2D eigenvalue weighted by molar-refractivity contribution is -0.129. The van der Waals surface area contributed by atoms with Gasteiger partial charge in [0.25, 0.3) is 0 Å². The van der Waals surface area contributed by atoms with E-state index in [0.717, 1.165) is 24.1 Å². The van der Waals surface area contributed by atoms with Gasteiger partial charge in [0, 0.05) is 18.8 Å². The van der Waals surface area contributed by atoms with E-state index in [0.29, 0.717) is 17.5 Å². The summed E-state index contributed by atoms with van der Waals surface area (Å²) in [5.41, 5.74) is 1.96. The molecule has 1 aliphatic carbocycles. The lowest BCUT2D eigenvalue weighted by Crippen LogP contribution is -2.39. The van der Waals surface area contributed by atoms with Gasteiger partial charge in [-0.2, -0.15) is 0 Å². The monoisotopic (exact) mass is 334 g/mol. The fraction of sp³-hybridized carbons (Fsp3) is 0.556. The number of amides is 2. The second kappa shape index (κ2) is 8.96. The highest BCUT2D eigenvalue weighted by atomic mass is 32.2. The van der Waals surface area contributed by atoms with Crippen LogP contribution in [-0.4, -0.2) is 41.3 Å². The van der Waals surface area contributed by atoms with E-state index in [1.165, 1.54) is 31.0 Å². The number of anilines is 1. The fourth-order valence-corrected chi connectivity index (χ4v) is 3.58. The normalized spacial score (nSPS) is 15.2. The summed E-state index contributed by atoms with van der Waals surface area (Å²) >= 11 is 1.38. The molecule has 1 aliphatic rings. The highest BCUT2D eigenvalue weighted by Crippen LogP contribution is 2.22. The van der Waals surface area contributed by atoms with Crippen molar-refractivity contribution in [1.29, 1.82) is 0 Å². The van der Waals surface area contributed by atoms with Gasteiger partial charge in [0.15, 0.2) is 0 Å². The van der Waals surface area contributed by atoms with Gasteiger partial charge in [-0.05, 0) is 31.9 Å². The summed E-state index contributed by atoms with van der Waals surface area (Å²) in [5, 5.41) is 2.85. The molecule has 2 amide bonds. The van der Waals surface area contributed by atoms with Crippen molar-refractivity contribution in [2.45, 2.75) is 45.1 Å². The number of nitrogens with one attached hydrogen (secondary N) is 1. The average molecular weight is 334 g/mol. The van der Waals surface area contributed by atoms with Gasteiger partial charge in [-0.15, -0.1) is 11.8 Å². The smallest absolute Gasteiger partial charge is 0.234 e. The Morgan fingerprint density at radius 3 is 2.43 bits per heavy atom. The Hall–Kier alpha value is -1.49. The van der Waals surface area contributed by atoms with Gasteiger partial charge >= 0.3 is 0 Å². The summed E-state index contributed by atoms with van der Waals surface area (Å²) in [6.07, 6.45) is 5.94. The maximum atomic E-state index is 12.2. The highest BCUT2D eigenvalue weighted by molar-refractivity contribution is 8.00. The van der Waals surface area contributed by atoms with Gasteiger partial charge in [0.05, 0.1) is 11.5 Å². The third kappa shape index (κ3) is 5.90. The lowest BCUT2D eigenvalue weighted by Gasteiger charge is -2.31. The minimum atomic E-state index is -0.0630. The van der Waals surface area contributed by atoms with Crippen LogP contribution in [0.3, 0.4) is 0 Å². The van der Waals surface area contributed by atoms with E-state index >= 15 is 0 Å². The van der Waals surface area contributed by atoms with Gasteiger partial charge < -0.3 is 10.2 Å². The van der Waals surface area contributed by atoms with Gasteiger partial charge in [0.1, 0.15) is 0 Å². The summed E-state index contributed by atoms with van der Waals surface area (Å²) in [4.78, 5) is 26.0. The van der Waals surface area contributed by atoms with Crippen LogP contribution in [0.15, 0.2) is 24.3 Å². The number of aryl methyl sites for hydroxylation is 1. The van der Waals surface area contributed by atoms with E-state index in [1.807, 2.05) is 43.1 Å². The van der Waals surface area contributed by atoms with E-state index in [4.69, 9.17) is 0 Å². The largest absolute Gasteiger partial charge is 0.342 e. The third-order valence-electron chi connectivity index (χ3n) is 4.31. The molecule has 5 heteroatoms. The molecule has 0 aromatic heterocycles. The summed E-state index contributed by atoms with van der Waals surface area (Å²) in [6, 6.07) is 8.09. The second-order valence-corrected chi connectivity index (χ2v) is 7.19. The molecular weight excluding hydrogens is 308 g/mol. The van der Waals surface area contributed by atoms with E-state index in [9.17, 15) is 9.59 Å². The topological polar surface area (TPSA) is 49.4 Å². The van der Waals surface area contributed by atoms with Crippen LogP contribution in [-0.2, 0) is 9.59 Å². The number of rotatable bonds is 6. The maximum absolute atomic E-state index is 12.2. The number of nitrogens with zero attached hydrogens (tertiary/aromatic N) is 1. The van der Waals surface area contributed by atoms with Crippen molar-refractivity contribution < 1.29 is 9.59 Å². The Balaban J connectivity index is 1.68. The molecule has 1 fully saturated rings. The standard InChI is InChI=1S/C18H26N2O2S/c1-14-8-10-15(11-9-14)19-17(21)12-23-13-18(22)20(2)16-6-4-3-5-7-16/h8-11,16H,3-7,12-13H2,1-2H3,(H,19,21). The number of carbonyl (C=O) groups is 2. The van der Waals surface area contributed by atoms with Crippen molar-refractivity contribution in [3.63, 3.8) is 0 Å². The molecule has 0 heterocycles. The van der Waals surface area contributed by atoms with Crippen molar-refractivity contribution in [3.05, 3.63) is 29.8 Å². The van der Waals surface area contributed by atoms with E-state index in [2.05, 4.69) is 5.32 Å². The minimum Gasteiger partial charge on any atom is -0.342 e. The molecule has 1 aromatic rings. The summed E-state index contributed by atoms with van der Waals surface area (Å²) in [7, 11) is 1.89. The zero-order valence-electron chi connectivity index (χ0n) is 14.0. The van der Waals surface area contributed by atoms with E-state index in [-0.39, 0.29) is 11.8 Å². The minimum absolute atomic E-state index is 0.0630. The quantitative estimate of drug-likeness (QED) is 0.867. The van der Waals surface area contributed by atoms with E-state index in [1.54, 1.807) is 0 Å². The third-order valence-corrected chi connectivity index (χ3v) is 5.23. The summed E-state index contributed by atoms with van der Waals surface area (Å²) in [5.74, 6) is 0.740. The van der Waals surface area contributed by atoms with Crippen molar-refractivity contribution >= 4 is 29.3 Å². The summed E-state index contributed by atoms with van der Waals surface area (Å²) in [6.45, 7) is 2.01. The molecule has 0 spiro atoms. The Morgan fingerprint density at radius 2 is 1.78 bits per heavy atom. The van der Waals surface area contributed by atoms with Crippen LogP contribution in [0.5, 0.6) is 0 Å². The molecule has 0 radical (unpaired) electrons. The maximum Gasteiger partial charge on any atom is 0.234 e. The number of benzene rings is 1. The molecule has 23 heavy (non-hydrogen) atoms. The average Bonchev–Trinajstić information content (AvgIpc) is 2.57. The number of hydrogen-bond donors (Lipinski definition) is 1. The van der Waals surface area contributed by atoms with Crippen molar-refractivity contribution in [2.75, 3.05) is 23.9 Å². The molecule has 1 aromatic carbocycles. The molecule has 1 saturated carbocycles. The molecule has 126 valence electrons. The first-order valence-electron chi connectivity index (χ1n) is 8.26. The van der Waals surface area contributed by atoms with E-state index < -0.39 is 0 Å². The SMILES string of the molecule is Cc1ccc(NC(=O)CSCC(=O)N(C)C2CCCCC2)cc1. The first kappa shape index (κ1) is 17.9. The highest BCUT2D eigenvalue weighted by Gasteiger charge is 2.21. The van der Waals surface area contributed by atoms with Crippen LogP contribution in [0.25, 0.3) is 0 Å². The van der Waals surface area contributed by atoms with Gasteiger partial charge in [-0.3, -0.25) is 9.59 Å². The van der Waals surface area contributed by atoms with Crippen LogP contribution in [0.2, 0.25) is 0 Å². The first-order chi connectivity index (χ1) is 11.1. The predicted molar refractivity (Wildman–Crippen MR) is 96.8 cm³/mol. The molecule has 0 atom stereocenters. The fourth-order valence-electron chi connectivity index (χ4n) is 2.84. The molecule has 1 N–H and O–H groups in total. The summed E-state index contributed by atoms with van der Waals surface area (Å²) < 4.78 is 0. The van der Waals surface area contributed by atoms with Crippen LogP contribution in [0.1, 0.15) is 37.7 Å². The molecule has 4 nitrogen and oxygen atoms in total. The molecular formula is C18H26N2O2S. The Morgan fingerprint density at radius 1 is 1.13 bits per heavy atom. The van der Waals surface area contributed by atoms with Crippen molar-refractivity contribution in [3.8, 4) is 0 Å². The number of thioether (sulfide) groups is 1. The first-order valence-corrected chi connectivity index (χ1v) is 9.41. The van der Waals surface area contributed by atoms with Crippen LogP contribution < -0.4 is 5.32 Å². The Bertz CT molecular complexity index is 524. The molecule has 0 unspecified atom stereocenters. The zero-order valence-corrected chi connectivity index (χ0v) is 14.8. The molecule has 2 rings (SSSR count). The van der Waals surface area contributed by atoms with Crippen molar-refractivity contribution in [1.82, 2.24) is 4.90 Å². The number of carbonyl (C=O) groups excluding carboxylic acids is 2. The van der Waals surface area contributed by atoms with Crippen LogP contribution >= 0.6 is 11.8 Å². The van der Waals surface area contributed by atoms with Gasteiger partial charge in [0.2, 0.25) is 11.8 Å². The van der Waals surface area contributed by atoms with Gasteiger partial charge in [-0.1, -0.05) is 37.0 Å². The Kier molecular flexibility index (Phi) is 6.96. The van der Waals surface area contributed by atoms with Crippen LogP contribution in [0.4, 0.5) is 5.69 Å². The second-order valence-electron chi connectivity index (χ2n) is 6.20. The molecule has 0 saturated heterocycles.